The van der Waals surface area contributed by atoms with E-state index in [0.29, 0.717) is 4.47 Å². The summed E-state index contributed by atoms with van der Waals surface area (Å²) in [5, 5.41) is 12.2. The predicted molar refractivity (Wildman–Crippen MR) is 53.1 cm³/mol. The van der Waals surface area contributed by atoms with Crippen LogP contribution in [0.4, 0.5) is 4.39 Å². The average Bonchev–Trinajstić information content (AvgIpc) is 2.16. The van der Waals surface area contributed by atoms with E-state index in [4.69, 9.17) is 10.6 Å². The van der Waals surface area contributed by atoms with Gasteiger partial charge >= 0.3 is 0 Å². The van der Waals surface area contributed by atoms with Crippen molar-refractivity contribution in [3.05, 3.63) is 44.5 Å². The van der Waals surface area contributed by atoms with Crippen LogP contribution >= 0.6 is 15.9 Å². The molecule has 1 rings (SSSR count). The van der Waals surface area contributed by atoms with Crippen molar-refractivity contribution in [3.8, 4) is 0 Å². The SMILES string of the molecule is [N-]=[N+]=NC(CO)c1c(F)cccc1Br. The molecular weight excluding hydrogens is 253 g/mol. The first-order chi connectivity index (χ1) is 6.70. The van der Waals surface area contributed by atoms with Crippen molar-refractivity contribution < 1.29 is 9.50 Å². The summed E-state index contributed by atoms with van der Waals surface area (Å²) >= 11 is 3.12. The second-order valence-electron chi connectivity index (χ2n) is 2.54. The lowest BCUT2D eigenvalue weighted by atomic mass is 10.1. The number of aliphatic hydroxyl groups is 1. The molecule has 14 heavy (non-hydrogen) atoms. The Balaban J connectivity index is 3.21. The standard InChI is InChI=1S/C8H7BrFN3O/c9-5-2-1-3-6(10)8(5)7(4-14)12-13-11/h1-3,7,14H,4H2. The van der Waals surface area contributed by atoms with Crippen LogP contribution in [0.25, 0.3) is 10.4 Å². The van der Waals surface area contributed by atoms with Gasteiger partial charge in [-0.25, -0.2) is 4.39 Å². The molecule has 0 radical (unpaired) electrons. The van der Waals surface area contributed by atoms with Crippen molar-refractivity contribution in [3.63, 3.8) is 0 Å². The zero-order valence-electron chi connectivity index (χ0n) is 7.06. The quantitative estimate of drug-likeness (QED) is 0.506. The van der Waals surface area contributed by atoms with Gasteiger partial charge in [-0.3, -0.25) is 0 Å². The molecule has 0 aliphatic carbocycles. The molecule has 0 bridgehead atoms. The zero-order valence-corrected chi connectivity index (χ0v) is 8.65. The highest BCUT2D eigenvalue weighted by Crippen LogP contribution is 2.28. The molecule has 0 saturated carbocycles. The van der Waals surface area contributed by atoms with Gasteiger partial charge < -0.3 is 5.11 Å². The molecule has 0 aliphatic rings. The molecule has 1 unspecified atom stereocenters. The Bertz CT molecular complexity index is 359. The lowest BCUT2D eigenvalue weighted by molar-refractivity contribution is 0.265. The van der Waals surface area contributed by atoms with Crippen LogP contribution in [0.1, 0.15) is 11.6 Å². The maximum Gasteiger partial charge on any atom is 0.128 e. The van der Waals surface area contributed by atoms with Crippen LogP contribution in [0.5, 0.6) is 0 Å². The van der Waals surface area contributed by atoms with Gasteiger partial charge in [0.05, 0.1) is 12.6 Å². The average molecular weight is 260 g/mol. The summed E-state index contributed by atoms with van der Waals surface area (Å²) in [4.78, 5) is 2.54. The lowest BCUT2D eigenvalue weighted by Crippen LogP contribution is -2.03. The first kappa shape index (κ1) is 11.0. The fourth-order valence-electron chi connectivity index (χ4n) is 1.08. The van der Waals surface area contributed by atoms with Crippen molar-refractivity contribution in [2.24, 2.45) is 5.11 Å². The summed E-state index contributed by atoms with van der Waals surface area (Å²) in [5.74, 6) is -0.508. The molecule has 0 fully saturated rings. The van der Waals surface area contributed by atoms with E-state index in [1.807, 2.05) is 0 Å². The van der Waals surface area contributed by atoms with Gasteiger partial charge in [-0.1, -0.05) is 27.1 Å². The molecule has 1 aromatic rings. The Kier molecular flexibility index (Phi) is 3.88. The normalized spacial score (nSPS) is 11.9. The van der Waals surface area contributed by atoms with E-state index in [1.165, 1.54) is 12.1 Å². The van der Waals surface area contributed by atoms with Crippen LogP contribution in [0, 0.1) is 5.82 Å². The fourth-order valence-corrected chi connectivity index (χ4v) is 1.68. The highest BCUT2D eigenvalue weighted by Gasteiger charge is 2.16. The third-order valence-electron chi connectivity index (χ3n) is 1.70. The van der Waals surface area contributed by atoms with Gasteiger partial charge in [-0.2, -0.15) is 0 Å². The number of nitrogens with zero attached hydrogens (tertiary/aromatic N) is 3. The fraction of sp³-hybridized carbons (Fsp3) is 0.250. The number of halogens is 2. The number of aliphatic hydroxyl groups excluding tert-OH is 1. The highest BCUT2D eigenvalue weighted by atomic mass is 79.9. The van der Waals surface area contributed by atoms with Crippen molar-refractivity contribution in [1.82, 2.24) is 0 Å². The van der Waals surface area contributed by atoms with Crippen LogP contribution in [0.15, 0.2) is 27.8 Å². The summed E-state index contributed by atoms with van der Waals surface area (Å²) in [7, 11) is 0. The van der Waals surface area contributed by atoms with Crippen molar-refractivity contribution >= 4 is 15.9 Å². The number of azide groups is 1. The van der Waals surface area contributed by atoms with Gasteiger partial charge in [0.1, 0.15) is 5.82 Å². The van der Waals surface area contributed by atoms with Gasteiger partial charge in [0.25, 0.3) is 0 Å². The van der Waals surface area contributed by atoms with E-state index in [-0.39, 0.29) is 5.56 Å². The predicted octanol–water partition coefficient (Wildman–Crippen LogP) is 2.93. The molecule has 1 atom stereocenters. The zero-order chi connectivity index (χ0) is 10.6. The Morgan fingerprint density at radius 3 is 2.86 bits per heavy atom. The summed E-state index contributed by atoms with van der Waals surface area (Å²) < 4.78 is 13.8. The topological polar surface area (TPSA) is 69.0 Å². The minimum atomic E-state index is -0.893. The molecule has 0 aliphatic heterocycles. The van der Waals surface area contributed by atoms with Crippen molar-refractivity contribution in [2.75, 3.05) is 6.61 Å². The third kappa shape index (κ3) is 2.23. The molecule has 0 spiro atoms. The van der Waals surface area contributed by atoms with E-state index < -0.39 is 18.5 Å². The van der Waals surface area contributed by atoms with Gasteiger partial charge in [-0.05, 0) is 17.7 Å². The molecule has 1 aromatic carbocycles. The molecule has 0 saturated heterocycles. The van der Waals surface area contributed by atoms with Crippen LogP contribution in [0.2, 0.25) is 0 Å². The summed E-state index contributed by atoms with van der Waals surface area (Å²) in [6, 6.07) is 3.49. The second kappa shape index (κ2) is 4.95. The second-order valence-corrected chi connectivity index (χ2v) is 3.39. The molecule has 4 nitrogen and oxygen atoms in total. The highest BCUT2D eigenvalue weighted by molar-refractivity contribution is 9.10. The molecule has 74 valence electrons. The largest absolute Gasteiger partial charge is 0.396 e. The van der Waals surface area contributed by atoms with E-state index in [9.17, 15) is 4.39 Å². The first-order valence-electron chi connectivity index (χ1n) is 3.79. The monoisotopic (exact) mass is 259 g/mol. The van der Waals surface area contributed by atoms with Crippen LogP contribution in [-0.4, -0.2) is 11.7 Å². The van der Waals surface area contributed by atoms with Crippen LogP contribution in [0.3, 0.4) is 0 Å². The Morgan fingerprint density at radius 2 is 2.36 bits per heavy atom. The van der Waals surface area contributed by atoms with Crippen LogP contribution < -0.4 is 0 Å². The first-order valence-corrected chi connectivity index (χ1v) is 4.59. The molecule has 0 amide bonds. The van der Waals surface area contributed by atoms with E-state index in [1.54, 1.807) is 6.07 Å². The number of rotatable bonds is 3. The number of hydrogen-bond donors (Lipinski definition) is 1. The Morgan fingerprint density at radius 1 is 1.64 bits per heavy atom. The summed E-state index contributed by atoms with van der Waals surface area (Å²) in [5.41, 5.74) is 8.39. The maximum atomic E-state index is 13.3. The Hall–Kier alpha value is -1.10. The van der Waals surface area contributed by atoms with Gasteiger partial charge in [0.2, 0.25) is 0 Å². The van der Waals surface area contributed by atoms with Crippen LogP contribution in [-0.2, 0) is 0 Å². The van der Waals surface area contributed by atoms with Crippen molar-refractivity contribution in [2.45, 2.75) is 6.04 Å². The number of hydrogen-bond acceptors (Lipinski definition) is 2. The smallest absolute Gasteiger partial charge is 0.128 e. The maximum absolute atomic E-state index is 13.3. The molecule has 6 heteroatoms. The number of benzene rings is 1. The van der Waals surface area contributed by atoms with Gasteiger partial charge in [0, 0.05) is 14.9 Å². The minimum absolute atomic E-state index is 0.174. The molecule has 0 heterocycles. The summed E-state index contributed by atoms with van der Waals surface area (Å²) in [6.45, 7) is -0.427. The summed E-state index contributed by atoms with van der Waals surface area (Å²) in [6.07, 6.45) is 0. The minimum Gasteiger partial charge on any atom is -0.396 e. The molecule has 1 N–H and O–H groups in total. The van der Waals surface area contributed by atoms with E-state index >= 15 is 0 Å². The van der Waals surface area contributed by atoms with E-state index in [0.717, 1.165) is 0 Å². The molecular formula is C8H7BrFN3O. The van der Waals surface area contributed by atoms with Crippen molar-refractivity contribution in [1.29, 1.82) is 0 Å². The van der Waals surface area contributed by atoms with Gasteiger partial charge in [0.15, 0.2) is 0 Å². The third-order valence-corrected chi connectivity index (χ3v) is 2.39. The Labute approximate surface area is 88.1 Å². The lowest BCUT2D eigenvalue weighted by Gasteiger charge is -2.10. The van der Waals surface area contributed by atoms with E-state index in [2.05, 4.69) is 26.0 Å². The van der Waals surface area contributed by atoms with Gasteiger partial charge in [-0.15, -0.1) is 0 Å². The molecule has 0 aromatic heterocycles.